The van der Waals surface area contributed by atoms with E-state index in [1.54, 1.807) is 0 Å². The molecule has 0 aliphatic carbocycles. The maximum Gasteiger partial charge on any atom is 0.323 e. The van der Waals surface area contributed by atoms with Gasteiger partial charge in [0.15, 0.2) is 5.41 Å². The summed E-state index contributed by atoms with van der Waals surface area (Å²) in [6.45, 7) is 15.1. The van der Waals surface area contributed by atoms with Crippen molar-refractivity contribution in [1.29, 1.82) is 0 Å². The Kier molecular flexibility index (Phi) is 11.8. The largest absolute Gasteiger partial charge is 0.465 e. The summed E-state index contributed by atoms with van der Waals surface area (Å²) in [7, 11) is 0. The molecule has 0 aliphatic rings. The minimum Gasteiger partial charge on any atom is -0.465 e. The molecular weight excluding hydrogens is 316 g/mol. The number of esters is 2. The first-order valence-electron chi connectivity index (χ1n) is 10.1. The van der Waals surface area contributed by atoms with E-state index < -0.39 is 17.4 Å². The number of hydrogen-bond donors (Lipinski definition) is 0. The van der Waals surface area contributed by atoms with Crippen LogP contribution >= 0.6 is 0 Å². The Morgan fingerprint density at radius 2 is 1.28 bits per heavy atom. The summed E-state index contributed by atoms with van der Waals surface area (Å²) in [5, 5.41) is 0. The molecule has 0 bridgehead atoms. The molecule has 0 aliphatic heterocycles. The fraction of sp³-hybridized carbons (Fsp3) is 0.905. The van der Waals surface area contributed by atoms with E-state index in [4.69, 9.17) is 9.47 Å². The predicted molar refractivity (Wildman–Crippen MR) is 102 cm³/mol. The average molecular weight is 357 g/mol. The minimum atomic E-state index is -1.20. The van der Waals surface area contributed by atoms with Crippen LogP contribution in [0.4, 0.5) is 0 Å². The second kappa shape index (κ2) is 12.3. The Hall–Kier alpha value is -1.06. The van der Waals surface area contributed by atoms with Gasteiger partial charge in [-0.05, 0) is 37.0 Å². The quantitative estimate of drug-likeness (QED) is 0.252. The van der Waals surface area contributed by atoms with Gasteiger partial charge in [0.05, 0.1) is 13.2 Å². The van der Waals surface area contributed by atoms with E-state index >= 15 is 0 Å². The Morgan fingerprint density at radius 1 is 0.840 bits per heavy atom. The van der Waals surface area contributed by atoms with Crippen LogP contribution in [0.25, 0.3) is 0 Å². The zero-order chi connectivity index (χ0) is 19.5. The highest BCUT2D eigenvalue weighted by Crippen LogP contribution is 2.43. The van der Waals surface area contributed by atoms with Crippen LogP contribution in [0.15, 0.2) is 0 Å². The first-order chi connectivity index (χ1) is 11.8. The molecule has 4 heteroatoms. The van der Waals surface area contributed by atoms with E-state index in [0.29, 0.717) is 19.6 Å². The molecule has 1 atom stereocenters. The summed E-state index contributed by atoms with van der Waals surface area (Å²) in [4.78, 5) is 26.3. The van der Waals surface area contributed by atoms with Crippen LogP contribution in [0.2, 0.25) is 0 Å². The third-order valence-corrected chi connectivity index (χ3v) is 4.80. The van der Waals surface area contributed by atoms with Gasteiger partial charge in [0, 0.05) is 0 Å². The van der Waals surface area contributed by atoms with Gasteiger partial charge in [0.1, 0.15) is 0 Å². The molecule has 0 fully saturated rings. The zero-order valence-electron chi connectivity index (χ0n) is 17.5. The van der Waals surface area contributed by atoms with Crippen LogP contribution in [-0.4, -0.2) is 25.2 Å². The predicted octanol–water partition coefficient (Wildman–Crippen LogP) is 5.39. The Bertz CT molecular complexity index is 365. The fourth-order valence-corrected chi connectivity index (χ4v) is 3.61. The smallest absolute Gasteiger partial charge is 0.323 e. The van der Waals surface area contributed by atoms with Crippen LogP contribution in [0.3, 0.4) is 0 Å². The molecule has 0 N–H and O–H groups in total. The molecule has 0 rings (SSSR count). The lowest BCUT2D eigenvalue weighted by atomic mass is 9.65. The number of rotatable bonds is 13. The van der Waals surface area contributed by atoms with E-state index in [0.717, 1.165) is 32.1 Å². The SMILES string of the molecule is CCCCOC(=O)C(CC(C)C)(C(=O)OCCCC)C(CC)C(C)C. The summed E-state index contributed by atoms with van der Waals surface area (Å²) < 4.78 is 11.1. The molecule has 0 radical (unpaired) electrons. The van der Waals surface area contributed by atoms with Crippen molar-refractivity contribution in [2.24, 2.45) is 23.2 Å². The Labute approximate surface area is 155 Å². The van der Waals surface area contributed by atoms with Crippen LogP contribution in [0.5, 0.6) is 0 Å². The van der Waals surface area contributed by atoms with E-state index in [1.807, 2.05) is 20.8 Å². The monoisotopic (exact) mass is 356 g/mol. The maximum absolute atomic E-state index is 13.1. The summed E-state index contributed by atoms with van der Waals surface area (Å²) in [6.07, 6.45) is 4.75. The minimum absolute atomic E-state index is 0.0850. The highest BCUT2D eigenvalue weighted by molar-refractivity contribution is 6.00. The summed E-state index contributed by atoms with van der Waals surface area (Å²) in [5.41, 5.74) is -1.20. The Balaban J connectivity index is 5.78. The highest BCUT2D eigenvalue weighted by Gasteiger charge is 2.55. The van der Waals surface area contributed by atoms with E-state index in [-0.39, 0.29) is 17.8 Å². The first kappa shape index (κ1) is 23.9. The third-order valence-electron chi connectivity index (χ3n) is 4.80. The van der Waals surface area contributed by atoms with Gasteiger partial charge in [-0.15, -0.1) is 0 Å². The molecule has 0 aromatic carbocycles. The van der Waals surface area contributed by atoms with Crippen molar-refractivity contribution in [3.05, 3.63) is 0 Å². The molecule has 25 heavy (non-hydrogen) atoms. The zero-order valence-corrected chi connectivity index (χ0v) is 17.5. The van der Waals surface area contributed by atoms with Gasteiger partial charge < -0.3 is 9.47 Å². The van der Waals surface area contributed by atoms with E-state index in [1.165, 1.54) is 0 Å². The summed E-state index contributed by atoms with van der Waals surface area (Å²) in [6, 6.07) is 0. The van der Waals surface area contributed by atoms with Crippen LogP contribution in [0, 0.1) is 23.2 Å². The highest BCUT2D eigenvalue weighted by atomic mass is 16.6. The average Bonchev–Trinajstić information content (AvgIpc) is 2.53. The van der Waals surface area contributed by atoms with Crippen molar-refractivity contribution >= 4 is 11.9 Å². The topological polar surface area (TPSA) is 52.6 Å². The van der Waals surface area contributed by atoms with Crippen molar-refractivity contribution in [2.45, 2.75) is 87.0 Å². The molecular formula is C21H40O4. The van der Waals surface area contributed by atoms with E-state index in [9.17, 15) is 9.59 Å². The lowest BCUT2D eigenvalue weighted by Crippen LogP contribution is -2.50. The standard InChI is InChI=1S/C21H40O4/c1-8-11-13-24-19(22)21(15-16(4)5,18(10-3)17(6)7)20(23)25-14-12-9-2/h16-18H,8-15H2,1-7H3. The first-order valence-corrected chi connectivity index (χ1v) is 10.1. The van der Waals surface area contributed by atoms with Gasteiger partial charge in [-0.1, -0.05) is 67.7 Å². The molecule has 4 nitrogen and oxygen atoms in total. The van der Waals surface area contributed by atoms with Crippen molar-refractivity contribution in [3.63, 3.8) is 0 Å². The summed E-state index contributed by atoms with van der Waals surface area (Å²) >= 11 is 0. The molecule has 0 amide bonds. The van der Waals surface area contributed by atoms with Crippen molar-refractivity contribution < 1.29 is 19.1 Å². The molecule has 0 spiro atoms. The normalized spacial score (nSPS) is 13.2. The molecule has 0 saturated heterocycles. The fourth-order valence-electron chi connectivity index (χ4n) is 3.61. The van der Waals surface area contributed by atoms with Crippen molar-refractivity contribution in [3.8, 4) is 0 Å². The van der Waals surface area contributed by atoms with Crippen LogP contribution in [0.1, 0.15) is 87.0 Å². The molecule has 0 heterocycles. The molecule has 148 valence electrons. The lowest BCUT2D eigenvalue weighted by molar-refractivity contribution is -0.181. The van der Waals surface area contributed by atoms with Gasteiger partial charge in [-0.3, -0.25) is 9.59 Å². The molecule has 0 saturated carbocycles. The molecule has 0 aromatic rings. The van der Waals surface area contributed by atoms with Crippen LogP contribution < -0.4 is 0 Å². The second-order valence-electron chi connectivity index (χ2n) is 7.81. The Morgan fingerprint density at radius 3 is 1.56 bits per heavy atom. The van der Waals surface area contributed by atoms with Gasteiger partial charge in [0.25, 0.3) is 0 Å². The van der Waals surface area contributed by atoms with Gasteiger partial charge in [0.2, 0.25) is 0 Å². The lowest BCUT2D eigenvalue weighted by Gasteiger charge is -2.39. The van der Waals surface area contributed by atoms with Gasteiger partial charge in [-0.2, -0.15) is 0 Å². The van der Waals surface area contributed by atoms with Crippen LogP contribution in [-0.2, 0) is 19.1 Å². The molecule has 0 aromatic heterocycles. The number of unbranched alkanes of at least 4 members (excludes halogenated alkanes) is 2. The van der Waals surface area contributed by atoms with E-state index in [2.05, 4.69) is 27.7 Å². The molecule has 1 unspecified atom stereocenters. The summed E-state index contributed by atoms with van der Waals surface area (Å²) in [5.74, 6) is -0.474. The number of ether oxygens (including phenoxy) is 2. The number of hydrogen-bond acceptors (Lipinski definition) is 4. The van der Waals surface area contributed by atoms with Gasteiger partial charge >= 0.3 is 11.9 Å². The third kappa shape index (κ3) is 6.99. The van der Waals surface area contributed by atoms with Gasteiger partial charge in [-0.25, -0.2) is 0 Å². The number of carbonyl (C=O) groups is 2. The second-order valence-corrected chi connectivity index (χ2v) is 7.81. The van der Waals surface area contributed by atoms with Crippen molar-refractivity contribution in [2.75, 3.05) is 13.2 Å². The number of carbonyl (C=O) groups excluding carboxylic acids is 2. The van der Waals surface area contributed by atoms with Crippen molar-refractivity contribution in [1.82, 2.24) is 0 Å². The maximum atomic E-state index is 13.1.